The average Bonchev–Trinajstić information content (AvgIpc) is 2.78. The van der Waals surface area contributed by atoms with Crippen molar-refractivity contribution in [1.82, 2.24) is 10.2 Å². The molecule has 0 fully saturated rings. The van der Waals surface area contributed by atoms with Gasteiger partial charge in [0.2, 0.25) is 5.91 Å². The van der Waals surface area contributed by atoms with E-state index >= 15 is 0 Å². The summed E-state index contributed by atoms with van der Waals surface area (Å²) in [5.41, 5.74) is 2.39. The standard InChI is InChI=1S/C27H38N2O3/c1-6-7-18-28-26(31)21(2)29(19-17-22-11-9-8-10-12-22)25(30)20-32-24-15-13-23(14-16-24)27(3,4)5/h8-16,21H,6-7,17-20H2,1-5H3,(H,28,31)/t21-/m1/s1. The van der Waals surface area contributed by atoms with Gasteiger partial charge in [-0.15, -0.1) is 0 Å². The van der Waals surface area contributed by atoms with Gasteiger partial charge in [0.25, 0.3) is 5.91 Å². The van der Waals surface area contributed by atoms with E-state index in [1.54, 1.807) is 11.8 Å². The number of unbranched alkanes of at least 4 members (excludes halogenated alkanes) is 1. The van der Waals surface area contributed by atoms with Crippen molar-refractivity contribution in [3.05, 3.63) is 65.7 Å². The van der Waals surface area contributed by atoms with Crippen molar-refractivity contribution in [3.8, 4) is 5.75 Å². The zero-order chi connectivity index (χ0) is 23.6. The summed E-state index contributed by atoms with van der Waals surface area (Å²) in [6, 6.07) is 17.3. The van der Waals surface area contributed by atoms with Crippen LogP contribution < -0.4 is 10.1 Å². The Morgan fingerprint density at radius 1 is 1.03 bits per heavy atom. The number of benzene rings is 2. The molecular weight excluding hydrogens is 400 g/mol. The van der Waals surface area contributed by atoms with Crippen LogP contribution in [0.15, 0.2) is 54.6 Å². The molecule has 5 heteroatoms. The summed E-state index contributed by atoms with van der Waals surface area (Å²) in [5.74, 6) is 0.322. The van der Waals surface area contributed by atoms with E-state index in [-0.39, 0.29) is 23.8 Å². The largest absolute Gasteiger partial charge is 0.484 e. The SMILES string of the molecule is CCCCNC(=O)[C@@H](C)N(CCc1ccccc1)C(=O)COc1ccc(C(C)(C)C)cc1. The van der Waals surface area contributed by atoms with Crippen LogP contribution in [0.4, 0.5) is 0 Å². The molecule has 174 valence electrons. The van der Waals surface area contributed by atoms with Gasteiger partial charge in [-0.2, -0.15) is 0 Å². The number of nitrogens with one attached hydrogen (secondary N) is 1. The molecule has 0 unspecified atom stereocenters. The summed E-state index contributed by atoms with van der Waals surface area (Å²) in [5, 5.41) is 2.94. The summed E-state index contributed by atoms with van der Waals surface area (Å²) in [6.45, 7) is 11.3. The van der Waals surface area contributed by atoms with E-state index in [9.17, 15) is 9.59 Å². The van der Waals surface area contributed by atoms with Gasteiger partial charge in [0.15, 0.2) is 6.61 Å². The predicted molar refractivity (Wildman–Crippen MR) is 130 cm³/mol. The van der Waals surface area contributed by atoms with Crippen LogP contribution in [0.5, 0.6) is 5.75 Å². The lowest BCUT2D eigenvalue weighted by molar-refractivity contribution is -0.141. The summed E-state index contributed by atoms with van der Waals surface area (Å²) < 4.78 is 5.77. The van der Waals surface area contributed by atoms with Crippen molar-refractivity contribution in [3.63, 3.8) is 0 Å². The Balaban J connectivity index is 2.03. The third-order valence-electron chi connectivity index (χ3n) is 5.56. The normalized spacial score (nSPS) is 12.2. The van der Waals surface area contributed by atoms with Crippen LogP contribution in [0.1, 0.15) is 58.6 Å². The Morgan fingerprint density at radius 3 is 2.28 bits per heavy atom. The molecule has 2 aromatic rings. The van der Waals surface area contributed by atoms with Gasteiger partial charge in [-0.3, -0.25) is 9.59 Å². The van der Waals surface area contributed by atoms with Crippen LogP contribution in [-0.2, 0) is 21.4 Å². The van der Waals surface area contributed by atoms with E-state index < -0.39 is 6.04 Å². The molecule has 0 aliphatic carbocycles. The van der Waals surface area contributed by atoms with E-state index in [2.05, 4.69) is 33.0 Å². The first-order chi connectivity index (χ1) is 15.2. The molecule has 2 aromatic carbocycles. The van der Waals surface area contributed by atoms with Crippen molar-refractivity contribution in [1.29, 1.82) is 0 Å². The van der Waals surface area contributed by atoms with Gasteiger partial charge in [-0.05, 0) is 48.4 Å². The van der Waals surface area contributed by atoms with Crippen molar-refractivity contribution in [2.75, 3.05) is 19.7 Å². The minimum atomic E-state index is -0.560. The highest BCUT2D eigenvalue weighted by atomic mass is 16.5. The first-order valence-corrected chi connectivity index (χ1v) is 11.6. The summed E-state index contributed by atoms with van der Waals surface area (Å²) in [7, 11) is 0. The summed E-state index contributed by atoms with van der Waals surface area (Å²) in [6.07, 6.45) is 2.61. The fraction of sp³-hybridized carbons (Fsp3) is 0.481. The molecule has 0 aliphatic rings. The second kappa shape index (κ2) is 12.3. The molecule has 0 aliphatic heterocycles. The maximum Gasteiger partial charge on any atom is 0.261 e. The molecule has 0 spiro atoms. The molecular formula is C27H38N2O3. The Kier molecular flexibility index (Phi) is 9.76. The maximum atomic E-state index is 13.1. The van der Waals surface area contributed by atoms with Crippen LogP contribution in [-0.4, -0.2) is 42.5 Å². The molecule has 0 saturated heterocycles. The topological polar surface area (TPSA) is 58.6 Å². The molecule has 0 bridgehead atoms. The number of ether oxygens (including phenoxy) is 1. The van der Waals surface area contributed by atoms with Gasteiger partial charge in [-0.1, -0.05) is 76.6 Å². The number of amides is 2. The summed E-state index contributed by atoms with van der Waals surface area (Å²) >= 11 is 0. The predicted octanol–water partition coefficient (Wildman–Crippen LogP) is 4.74. The van der Waals surface area contributed by atoms with Gasteiger partial charge in [0.05, 0.1) is 0 Å². The fourth-order valence-corrected chi connectivity index (χ4v) is 3.39. The Morgan fingerprint density at radius 2 is 1.69 bits per heavy atom. The molecule has 0 heterocycles. The van der Waals surface area contributed by atoms with E-state index in [1.165, 1.54) is 5.56 Å². The second-order valence-corrected chi connectivity index (χ2v) is 9.21. The molecule has 32 heavy (non-hydrogen) atoms. The molecule has 0 radical (unpaired) electrons. The van der Waals surface area contributed by atoms with Gasteiger partial charge < -0.3 is 15.0 Å². The number of carbonyl (C=O) groups excluding carboxylic acids is 2. The van der Waals surface area contributed by atoms with E-state index in [0.29, 0.717) is 25.3 Å². The second-order valence-electron chi connectivity index (χ2n) is 9.21. The molecule has 5 nitrogen and oxygen atoms in total. The lowest BCUT2D eigenvalue weighted by Crippen LogP contribution is -2.50. The number of hydrogen-bond donors (Lipinski definition) is 1. The zero-order valence-electron chi connectivity index (χ0n) is 20.2. The highest BCUT2D eigenvalue weighted by molar-refractivity contribution is 5.87. The van der Waals surface area contributed by atoms with Gasteiger partial charge >= 0.3 is 0 Å². The lowest BCUT2D eigenvalue weighted by Gasteiger charge is -2.28. The highest BCUT2D eigenvalue weighted by Gasteiger charge is 2.26. The van der Waals surface area contributed by atoms with Crippen LogP contribution in [0.2, 0.25) is 0 Å². The minimum Gasteiger partial charge on any atom is -0.484 e. The van der Waals surface area contributed by atoms with Crippen LogP contribution in [0, 0.1) is 0 Å². The minimum absolute atomic E-state index is 0.0587. The number of nitrogens with zero attached hydrogens (tertiary/aromatic N) is 1. The first kappa shape index (κ1) is 25.4. The number of rotatable bonds is 11. The Hall–Kier alpha value is -2.82. The molecule has 0 saturated carbocycles. The van der Waals surface area contributed by atoms with Crippen molar-refractivity contribution in [2.24, 2.45) is 0 Å². The quantitative estimate of drug-likeness (QED) is 0.516. The van der Waals surface area contributed by atoms with E-state index in [4.69, 9.17) is 4.74 Å². The highest BCUT2D eigenvalue weighted by Crippen LogP contribution is 2.24. The molecule has 2 rings (SSSR count). The fourth-order valence-electron chi connectivity index (χ4n) is 3.39. The lowest BCUT2D eigenvalue weighted by atomic mass is 9.87. The molecule has 0 aromatic heterocycles. The van der Waals surface area contributed by atoms with Crippen molar-refractivity contribution >= 4 is 11.8 Å². The van der Waals surface area contributed by atoms with Crippen LogP contribution in [0.3, 0.4) is 0 Å². The van der Waals surface area contributed by atoms with Gasteiger partial charge in [0, 0.05) is 13.1 Å². The first-order valence-electron chi connectivity index (χ1n) is 11.6. The van der Waals surface area contributed by atoms with E-state index in [0.717, 1.165) is 18.4 Å². The molecule has 1 N–H and O–H groups in total. The number of carbonyl (C=O) groups is 2. The zero-order valence-corrected chi connectivity index (χ0v) is 20.2. The smallest absolute Gasteiger partial charge is 0.261 e. The third-order valence-corrected chi connectivity index (χ3v) is 5.56. The van der Waals surface area contributed by atoms with Crippen molar-refractivity contribution in [2.45, 2.75) is 65.3 Å². The summed E-state index contributed by atoms with van der Waals surface area (Å²) in [4.78, 5) is 27.3. The molecule has 1 atom stereocenters. The monoisotopic (exact) mass is 438 g/mol. The van der Waals surface area contributed by atoms with Gasteiger partial charge in [0.1, 0.15) is 11.8 Å². The Labute approximate surface area is 193 Å². The Bertz CT molecular complexity index is 841. The van der Waals surface area contributed by atoms with Crippen LogP contribution >= 0.6 is 0 Å². The van der Waals surface area contributed by atoms with E-state index in [1.807, 2.05) is 54.6 Å². The third kappa shape index (κ3) is 8.03. The average molecular weight is 439 g/mol. The van der Waals surface area contributed by atoms with Crippen molar-refractivity contribution < 1.29 is 14.3 Å². The van der Waals surface area contributed by atoms with Crippen LogP contribution in [0.25, 0.3) is 0 Å². The van der Waals surface area contributed by atoms with Gasteiger partial charge in [-0.25, -0.2) is 0 Å². The molecule has 2 amide bonds. The number of hydrogen-bond acceptors (Lipinski definition) is 3. The maximum absolute atomic E-state index is 13.1.